The highest BCUT2D eigenvalue weighted by molar-refractivity contribution is 6.30. The summed E-state index contributed by atoms with van der Waals surface area (Å²) in [6.45, 7) is 0. The number of carbonyl (C=O) groups excluding carboxylic acids is 1. The van der Waals surface area contributed by atoms with E-state index in [-0.39, 0.29) is 12.2 Å². The van der Waals surface area contributed by atoms with Crippen LogP contribution >= 0.6 is 11.6 Å². The molecule has 0 bridgehead atoms. The molecule has 0 unspecified atom stereocenters. The Morgan fingerprint density at radius 2 is 2.00 bits per heavy atom. The Morgan fingerprint density at radius 1 is 1.33 bits per heavy atom. The first-order chi connectivity index (χ1) is 5.81. The fourth-order valence-corrected chi connectivity index (χ4v) is 1.27. The molecule has 0 aromatic heterocycles. The SMILES string of the molecule is O=C[C@@H]1O[C@H]1c1ccc(Cl)cc1. The van der Waals surface area contributed by atoms with E-state index in [0.717, 1.165) is 11.8 Å². The normalized spacial score (nSPS) is 26.8. The molecule has 1 aromatic carbocycles. The molecular weight excluding hydrogens is 176 g/mol. The molecule has 1 saturated heterocycles. The van der Waals surface area contributed by atoms with E-state index in [0.29, 0.717) is 5.02 Å². The maximum atomic E-state index is 10.3. The third-order valence-electron chi connectivity index (χ3n) is 1.86. The van der Waals surface area contributed by atoms with Crippen molar-refractivity contribution in [2.45, 2.75) is 12.2 Å². The van der Waals surface area contributed by atoms with E-state index in [9.17, 15) is 4.79 Å². The van der Waals surface area contributed by atoms with Gasteiger partial charge in [-0.2, -0.15) is 0 Å². The molecule has 0 N–H and O–H groups in total. The van der Waals surface area contributed by atoms with Crippen LogP contribution in [0.3, 0.4) is 0 Å². The zero-order chi connectivity index (χ0) is 8.55. The minimum Gasteiger partial charge on any atom is -0.357 e. The lowest BCUT2D eigenvalue weighted by Crippen LogP contribution is -1.88. The number of ether oxygens (including phenoxy) is 1. The molecule has 62 valence electrons. The van der Waals surface area contributed by atoms with E-state index in [1.165, 1.54) is 0 Å². The Balaban J connectivity index is 2.15. The lowest BCUT2D eigenvalue weighted by Gasteiger charge is -1.93. The molecule has 2 atom stereocenters. The van der Waals surface area contributed by atoms with Crippen molar-refractivity contribution in [2.24, 2.45) is 0 Å². The van der Waals surface area contributed by atoms with Crippen LogP contribution in [-0.4, -0.2) is 12.4 Å². The predicted octanol–water partition coefficient (Wildman–Crippen LogP) is 1.98. The van der Waals surface area contributed by atoms with Crippen molar-refractivity contribution >= 4 is 17.9 Å². The third kappa shape index (κ3) is 1.36. The van der Waals surface area contributed by atoms with Gasteiger partial charge in [0.05, 0.1) is 0 Å². The number of rotatable bonds is 2. The van der Waals surface area contributed by atoms with E-state index >= 15 is 0 Å². The first-order valence-electron chi connectivity index (χ1n) is 3.67. The Kier molecular flexibility index (Phi) is 1.87. The van der Waals surface area contributed by atoms with Crippen molar-refractivity contribution in [1.29, 1.82) is 0 Å². The van der Waals surface area contributed by atoms with Gasteiger partial charge in [0.2, 0.25) is 0 Å². The summed E-state index contributed by atoms with van der Waals surface area (Å²) in [5.74, 6) is 0. The third-order valence-corrected chi connectivity index (χ3v) is 2.11. The minimum atomic E-state index is -0.244. The van der Waals surface area contributed by atoms with Crippen molar-refractivity contribution in [3.8, 4) is 0 Å². The van der Waals surface area contributed by atoms with Gasteiger partial charge in [-0.1, -0.05) is 23.7 Å². The van der Waals surface area contributed by atoms with Crippen LogP contribution in [0.1, 0.15) is 11.7 Å². The number of hydrogen-bond acceptors (Lipinski definition) is 2. The Labute approximate surface area is 75.1 Å². The Hall–Kier alpha value is -0.860. The highest BCUT2D eigenvalue weighted by Gasteiger charge is 2.39. The number of aldehydes is 1. The van der Waals surface area contributed by atoms with Gasteiger partial charge in [-0.25, -0.2) is 0 Å². The number of hydrogen-bond donors (Lipinski definition) is 0. The molecule has 12 heavy (non-hydrogen) atoms. The molecule has 1 aliphatic rings. The van der Waals surface area contributed by atoms with Crippen molar-refractivity contribution in [2.75, 3.05) is 0 Å². The van der Waals surface area contributed by atoms with Gasteiger partial charge < -0.3 is 9.53 Å². The van der Waals surface area contributed by atoms with Crippen molar-refractivity contribution in [1.82, 2.24) is 0 Å². The summed E-state index contributed by atoms with van der Waals surface area (Å²) in [5.41, 5.74) is 1.01. The molecule has 0 aliphatic carbocycles. The van der Waals surface area contributed by atoms with Gasteiger partial charge in [0.25, 0.3) is 0 Å². The second-order valence-corrected chi connectivity index (χ2v) is 3.15. The lowest BCUT2D eigenvalue weighted by molar-refractivity contribution is -0.108. The van der Waals surface area contributed by atoms with Gasteiger partial charge >= 0.3 is 0 Å². The van der Waals surface area contributed by atoms with Crippen LogP contribution in [0.15, 0.2) is 24.3 Å². The summed E-state index contributed by atoms with van der Waals surface area (Å²) < 4.78 is 5.08. The molecular formula is C9H7ClO2. The van der Waals surface area contributed by atoms with E-state index in [1.807, 2.05) is 12.1 Å². The van der Waals surface area contributed by atoms with E-state index in [4.69, 9.17) is 16.3 Å². The van der Waals surface area contributed by atoms with Crippen molar-refractivity contribution in [3.63, 3.8) is 0 Å². The monoisotopic (exact) mass is 182 g/mol. The van der Waals surface area contributed by atoms with Crippen LogP contribution in [0.4, 0.5) is 0 Å². The Morgan fingerprint density at radius 3 is 2.50 bits per heavy atom. The molecule has 2 rings (SSSR count). The van der Waals surface area contributed by atoms with Crippen LogP contribution in [0, 0.1) is 0 Å². The number of benzene rings is 1. The summed E-state index contributed by atoms with van der Waals surface area (Å²) in [4.78, 5) is 10.3. The molecule has 0 spiro atoms. The summed E-state index contributed by atoms with van der Waals surface area (Å²) in [5, 5.41) is 0.696. The summed E-state index contributed by atoms with van der Waals surface area (Å²) in [6, 6.07) is 7.33. The predicted molar refractivity (Wildman–Crippen MR) is 45.1 cm³/mol. The summed E-state index contributed by atoms with van der Waals surface area (Å²) >= 11 is 5.70. The summed E-state index contributed by atoms with van der Waals surface area (Å²) in [7, 11) is 0. The number of epoxide rings is 1. The maximum absolute atomic E-state index is 10.3. The lowest BCUT2D eigenvalue weighted by atomic mass is 10.1. The average Bonchev–Trinajstić information content (AvgIpc) is 2.85. The minimum absolute atomic E-state index is 0.0419. The molecule has 1 fully saturated rings. The first-order valence-corrected chi connectivity index (χ1v) is 4.05. The number of carbonyl (C=O) groups is 1. The van der Waals surface area contributed by atoms with Crippen LogP contribution in [-0.2, 0) is 9.53 Å². The second-order valence-electron chi connectivity index (χ2n) is 2.71. The molecule has 2 nitrogen and oxygen atoms in total. The molecule has 1 aliphatic heterocycles. The molecule has 0 radical (unpaired) electrons. The molecule has 0 amide bonds. The summed E-state index contributed by atoms with van der Waals surface area (Å²) in [6.07, 6.45) is 0.533. The van der Waals surface area contributed by atoms with E-state index in [2.05, 4.69) is 0 Å². The fraction of sp³-hybridized carbons (Fsp3) is 0.222. The molecule has 3 heteroatoms. The van der Waals surface area contributed by atoms with E-state index in [1.54, 1.807) is 12.1 Å². The second kappa shape index (κ2) is 2.88. The van der Waals surface area contributed by atoms with Gasteiger partial charge in [0, 0.05) is 5.02 Å². The van der Waals surface area contributed by atoms with Crippen LogP contribution < -0.4 is 0 Å². The topological polar surface area (TPSA) is 29.6 Å². The zero-order valence-corrected chi connectivity index (χ0v) is 6.99. The van der Waals surface area contributed by atoms with Gasteiger partial charge in [-0.3, -0.25) is 0 Å². The first kappa shape index (κ1) is 7.77. The average molecular weight is 183 g/mol. The Bertz CT molecular complexity index is 294. The fourth-order valence-electron chi connectivity index (χ4n) is 1.15. The van der Waals surface area contributed by atoms with Crippen LogP contribution in [0.5, 0.6) is 0 Å². The van der Waals surface area contributed by atoms with Crippen molar-refractivity contribution in [3.05, 3.63) is 34.9 Å². The van der Waals surface area contributed by atoms with Gasteiger partial charge in [-0.15, -0.1) is 0 Å². The van der Waals surface area contributed by atoms with E-state index < -0.39 is 0 Å². The van der Waals surface area contributed by atoms with Gasteiger partial charge in [-0.05, 0) is 17.7 Å². The molecule has 1 heterocycles. The number of halogens is 1. The van der Waals surface area contributed by atoms with Crippen molar-refractivity contribution < 1.29 is 9.53 Å². The van der Waals surface area contributed by atoms with Crippen LogP contribution in [0.2, 0.25) is 5.02 Å². The highest BCUT2D eigenvalue weighted by atomic mass is 35.5. The highest BCUT2D eigenvalue weighted by Crippen LogP contribution is 2.37. The van der Waals surface area contributed by atoms with Crippen LogP contribution in [0.25, 0.3) is 0 Å². The zero-order valence-electron chi connectivity index (χ0n) is 6.24. The smallest absolute Gasteiger partial charge is 0.151 e. The van der Waals surface area contributed by atoms with Gasteiger partial charge in [0.1, 0.15) is 12.2 Å². The maximum Gasteiger partial charge on any atom is 0.151 e. The molecule has 1 aromatic rings. The standard InChI is InChI=1S/C9H7ClO2/c10-7-3-1-6(2-4-7)9-8(5-11)12-9/h1-5,8-9H/t8-,9-/m0/s1. The molecule has 0 saturated carbocycles. The quantitative estimate of drug-likeness (QED) is 0.517. The van der Waals surface area contributed by atoms with Gasteiger partial charge in [0.15, 0.2) is 6.29 Å². The largest absolute Gasteiger partial charge is 0.357 e.